The topological polar surface area (TPSA) is 66.4 Å². The summed E-state index contributed by atoms with van der Waals surface area (Å²) in [7, 11) is 0. The van der Waals surface area contributed by atoms with Gasteiger partial charge in [0.15, 0.2) is 0 Å². The zero-order valence-electron chi connectivity index (χ0n) is 11.4. The molecular weight excluding hydrogens is 250 g/mol. The molecule has 0 aromatic carbocycles. The Labute approximate surface area is 113 Å². The maximum atomic E-state index is 12.1. The maximum absolute atomic E-state index is 12.1. The summed E-state index contributed by atoms with van der Waals surface area (Å²) in [4.78, 5) is 23.6. The Bertz CT molecular complexity index is 313. The van der Waals surface area contributed by atoms with Crippen molar-refractivity contribution in [2.45, 2.75) is 45.6 Å². The largest absolute Gasteiger partial charge is 0.480 e. The number of rotatable bonds is 5. The van der Waals surface area contributed by atoms with E-state index in [4.69, 9.17) is 0 Å². The third-order valence-corrected chi connectivity index (χ3v) is 5.01. The van der Waals surface area contributed by atoms with Crippen molar-refractivity contribution in [1.29, 1.82) is 0 Å². The molecule has 104 valence electrons. The van der Waals surface area contributed by atoms with Crippen LogP contribution in [0.4, 0.5) is 0 Å². The number of carboxylic acid groups (broad SMARTS) is 1. The van der Waals surface area contributed by atoms with E-state index in [1.165, 1.54) is 0 Å². The molecule has 1 heterocycles. The number of amides is 1. The molecule has 0 aromatic rings. The minimum atomic E-state index is -1.04. The molecule has 0 saturated carbocycles. The van der Waals surface area contributed by atoms with E-state index >= 15 is 0 Å². The normalized spacial score (nSPS) is 21.9. The van der Waals surface area contributed by atoms with Crippen LogP contribution >= 0.6 is 11.8 Å². The summed E-state index contributed by atoms with van der Waals surface area (Å²) in [5.41, 5.74) is -1.04. The van der Waals surface area contributed by atoms with E-state index in [-0.39, 0.29) is 17.7 Å². The van der Waals surface area contributed by atoms with Gasteiger partial charge in [-0.2, -0.15) is 11.8 Å². The summed E-state index contributed by atoms with van der Waals surface area (Å²) in [6, 6.07) is 0. The first-order valence-corrected chi connectivity index (χ1v) is 7.71. The van der Waals surface area contributed by atoms with E-state index in [0.29, 0.717) is 12.8 Å². The van der Waals surface area contributed by atoms with Crippen molar-refractivity contribution in [3.8, 4) is 0 Å². The van der Waals surface area contributed by atoms with Crippen molar-refractivity contribution in [3.05, 3.63) is 0 Å². The molecule has 0 radical (unpaired) electrons. The standard InChI is InChI=1S/C13H23NO3S/c1-4-9(2)10(3)11(15)14-13(12(16)17)5-7-18-8-6-13/h9-10H,4-8H2,1-3H3,(H,14,15)(H,16,17). The molecule has 0 spiro atoms. The Hall–Kier alpha value is -0.710. The fourth-order valence-electron chi connectivity index (χ4n) is 2.07. The van der Waals surface area contributed by atoms with E-state index in [0.717, 1.165) is 17.9 Å². The van der Waals surface area contributed by atoms with Crippen LogP contribution in [0.2, 0.25) is 0 Å². The van der Waals surface area contributed by atoms with Crippen LogP contribution in [0.1, 0.15) is 40.0 Å². The van der Waals surface area contributed by atoms with Gasteiger partial charge in [0.1, 0.15) is 5.54 Å². The maximum Gasteiger partial charge on any atom is 0.329 e. The lowest BCUT2D eigenvalue weighted by Crippen LogP contribution is -2.58. The van der Waals surface area contributed by atoms with E-state index in [1.54, 1.807) is 11.8 Å². The zero-order chi connectivity index (χ0) is 13.8. The third-order valence-electron chi connectivity index (χ3n) is 4.03. The van der Waals surface area contributed by atoms with Gasteiger partial charge in [-0.15, -0.1) is 0 Å². The molecule has 2 atom stereocenters. The number of carbonyl (C=O) groups is 2. The number of thioether (sulfide) groups is 1. The molecule has 2 N–H and O–H groups in total. The molecule has 1 rings (SSSR count). The summed E-state index contributed by atoms with van der Waals surface area (Å²) in [5.74, 6) is 0.704. The number of carbonyl (C=O) groups excluding carboxylic acids is 1. The van der Waals surface area contributed by atoms with Crippen LogP contribution < -0.4 is 5.32 Å². The molecule has 1 aliphatic rings. The van der Waals surface area contributed by atoms with Gasteiger partial charge in [0.25, 0.3) is 0 Å². The minimum Gasteiger partial charge on any atom is -0.480 e. The summed E-state index contributed by atoms with van der Waals surface area (Å²) < 4.78 is 0. The van der Waals surface area contributed by atoms with E-state index in [1.807, 2.05) is 20.8 Å². The first-order chi connectivity index (χ1) is 8.43. The van der Waals surface area contributed by atoms with Gasteiger partial charge in [0.2, 0.25) is 5.91 Å². The Morgan fingerprint density at radius 1 is 1.33 bits per heavy atom. The molecule has 1 fully saturated rings. The lowest BCUT2D eigenvalue weighted by atomic mass is 9.88. The van der Waals surface area contributed by atoms with Gasteiger partial charge >= 0.3 is 5.97 Å². The number of nitrogens with one attached hydrogen (secondary N) is 1. The lowest BCUT2D eigenvalue weighted by molar-refractivity contribution is -0.149. The molecule has 0 aliphatic carbocycles. The summed E-state index contributed by atoms with van der Waals surface area (Å²) in [5, 5.41) is 12.2. The van der Waals surface area contributed by atoms with Crippen LogP contribution in [0.5, 0.6) is 0 Å². The van der Waals surface area contributed by atoms with Crippen molar-refractivity contribution >= 4 is 23.6 Å². The van der Waals surface area contributed by atoms with E-state index < -0.39 is 11.5 Å². The SMILES string of the molecule is CCC(C)C(C)C(=O)NC1(C(=O)O)CCSCC1. The Morgan fingerprint density at radius 2 is 1.89 bits per heavy atom. The number of aliphatic carboxylic acids is 1. The van der Waals surface area contributed by atoms with Crippen LogP contribution in [-0.2, 0) is 9.59 Å². The Morgan fingerprint density at radius 3 is 2.33 bits per heavy atom. The molecule has 5 heteroatoms. The average molecular weight is 273 g/mol. The number of hydrogen-bond acceptors (Lipinski definition) is 3. The molecule has 4 nitrogen and oxygen atoms in total. The first-order valence-electron chi connectivity index (χ1n) is 6.56. The van der Waals surface area contributed by atoms with Gasteiger partial charge in [-0.3, -0.25) is 4.79 Å². The fourth-order valence-corrected chi connectivity index (χ4v) is 3.26. The highest BCUT2D eigenvalue weighted by Gasteiger charge is 2.42. The van der Waals surface area contributed by atoms with Gasteiger partial charge in [-0.1, -0.05) is 27.2 Å². The molecule has 1 aliphatic heterocycles. The van der Waals surface area contributed by atoms with Gasteiger partial charge in [0.05, 0.1) is 0 Å². The molecule has 18 heavy (non-hydrogen) atoms. The number of carboxylic acids is 1. The van der Waals surface area contributed by atoms with Gasteiger partial charge in [-0.25, -0.2) is 4.79 Å². The van der Waals surface area contributed by atoms with Gasteiger partial charge < -0.3 is 10.4 Å². The quantitative estimate of drug-likeness (QED) is 0.805. The van der Waals surface area contributed by atoms with Crippen LogP contribution in [0, 0.1) is 11.8 Å². The van der Waals surface area contributed by atoms with Gasteiger partial charge in [0, 0.05) is 5.92 Å². The molecule has 1 saturated heterocycles. The summed E-state index contributed by atoms with van der Waals surface area (Å²) in [6.07, 6.45) is 1.96. The predicted molar refractivity (Wildman–Crippen MR) is 73.7 cm³/mol. The minimum absolute atomic E-state index is 0.126. The number of hydrogen-bond donors (Lipinski definition) is 2. The third kappa shape index (κ3) is 3.40. The molecular formula is C13H23NO3S. The Balaban J connectivity index is 2.72. The summed E-state index contributed by atoms with van der Waals surface area (Å²) >= 11 is 1.75. The van der Waals surface area contributed by atoms with Crippen molar-refractivity contribution in [2.75, 3.05) is 11.5 Å². The highest BCUT2D eigenvalue weighted by molar-refractivity contribution is 7.99. The Kier molecular flexibility index (Phi) is 5.50. The first kappa shape index (κ1) is 15.3. The second kappa shape index (κ2) is 6.45. The molecule has 1 amide bonds. The van der Waals surface area contributed by atoms with Crippen molar-refractivity contribution in [3.63, 3.8) is 0 Å². The van der Waals surface area contributed by atoms with Crippen LogP contribution in [0.15, 0.2) is 0 Å². The summed E-state index contributed by atoms with van der Waals surface area (Å²) in [6.45, 7) is 5.93. The smallest absolute Gasteiger partial charge is 0.329 e. The second-order valence-corrected chi connectivity index (χ2v) is 6.39. The molecule has 0 aromatic heterocycles. The van der Waals surface area contributed by atoms with Crippen molar-refractivity contribution < 1.29 is 14.7 Å². The van der Waals surface area contributed by atoms with Crippen molar-refractivity contribution in [1.82, 2.24) is 5.32 Å². The van der Waals surface area contributed by atoms with Gasteiger partial charge in [-0.05, 0) is 30.3 Å². The zero-order valence-corrected chi connectivity index (χ0v) is 12.2. The van der Waals surface area contributed by atoms with Crippen LogP contribution in [0.25, 0.3) is 0 Å². The van der Waals surface area contributed by atoms with Crippen LogP contribution in [0.3, 0.4) is 0 Å². The second-order valence-electron chi connectivity index (χ2n) is 5.16. The fraction of sp³-hybridized carbons (Fsp3) is 0.846. The van der Waals surface area contributed by atoms with E-state index in [2.05, 4.69) is 5.32 Å². The van der Waals surface area contributed by atoms with Crippen LogP contribution in [-0.4, -0.2) is 34.0 Å². The highest BCUT2D eigenvalue weighted by atomic mass is 32.2. The highest BCUT2D eigenvalue weighted by Crippen LogP contribution is 2.28. The van der Waals surface area contributed by atoms with Crippen molar-refractivity contribution in [2.24, 2.45) is 11.8 Å². The van der Waals surface area contributed by atoms with E-state index in [9.17, 15) is 14.7 Å². The molecule has 2 unspecified atom stereocenters. The average Bonchev–Trinajstić information content (AvgIpc) is 2.37. The monoisotopic (exact) mass is 273 g/mol. The predicted octanol–water partition coefficient (Wildman–Crippen LogP) is 2.14. The molecule has 0 bridgehead atoms. The lowest BCUT2D eigenvalue weighted by Gasteiger charge is -2.35.